The lowest BCUT2D eigenvalue weighted by atomic mass is 9.84. The Balaban J connectivity index is 2.16. The van der Waals surface area contributed by atoms with E-state index < -0.39 is 0 Å². The first kappa shape index (κ1) is 14.8. The lowest BCUT2D eigenvalue weighted by Gasteiger charge is -2.40. The molecule has 0 radical (unpaired) electrons. The van der Waals surface area contributed by atoms with Crippen LogP contribution in [0.15, 0.2) is 18.2 Å². The van der Waals surface area contributed by atoms with Gasteiger partial charge in [-0.15, -0.1) is 0 Å². The van der Waals surface area contributed by atoms with Crippen molar-refractivity contribution in [2.24, 2.45) is 0 Å². The third-order valence-corrected chi connectivity index (χ3v) is 4.39. The smallest absolute Gasteiger partial charge is 0.123 e. The second kappa shape index (κ2) is 6.21. The van der Waals surface area contributed by atoms with Gasteiger partial charge >= 0.3 is 0 Å². The maximum Gasteiger partial charge on any atom is 0.123 e. The van der Waals surface area contributed by atoms with E-state index in [1.165, 1.54) is 18.6 Å². The molecular formula is C15H21ClFNO. The second-order valence-corrected chi connectivity index (χ2v) is 5.81. The fourth-order valence-corrected chi connectivity index (χ4v) is 2.97. The molecule has 2 unspecified atom stereocenters. The summed E-state index contributed by atoms with van der Waals surface area (Å²) in [6, 6.07) is 4.65. The lowest BCUT2D eigenvalue weighted by Crippen LogP contribution is -2.52. The molecule has 0 aromatic heterocycles. The van der Waals surface area contributed by atoms with Gasteiger partial charge in [-0.2, -0.15) is 0 Å². The van der Waals surface area contributed by atoms with Crippen LogP contribution in [0.25, 0.3) is 0 Å². The van der Waals surface area contributed by atoms with Crippen molar-refractivity contribution in [2.45, 2.75) is 44.2 Å². The van der Waals surface area contributed by atoms with Crippen LogP contribution < -0.4 is 5.32 Å². The van der Waals surface area contributed by atoms with Crippen molar-refractivity contribution in [3.05, 3.63) is 34.6 Å². The molecule has 0 aliphatic carbocycles. The SMILES string of the molecule is CNC(Cc1cc(F)ccc1Cl)C1(C)CCCCO1. The molecule has 1 aromatic rings. The van der Waals surface area contributed by atoms with Crippen LogP contribution in [0.4, 0.5) is 4.39 Å². The molecule has 2 atom stereocenters. The molecule has 0 spiro atoms. The number of hydrogen-bond acceptors (Lipinski definition) is 2. The van der Waals surface area contributed by atoms with Crippen LogP contribution in [-0.2, 0) is 11.2 Å². The van der Waals surface area contributed by atoms with E-state index in [2.05, 4.69) is 12.2 Å². The third kappa shape index (κ3) is 3.47. The predicted octanol–water partition coefficient (Wildman–Crippen LogP) is 3.57. The molecule has 4 heteroatoms. The molecule has 1 saturated heterocycles. The summed E-state index contributed by atoms with van der Waals surface area (Å²) in [5.41, 5.74) is 0.624. The molecule has 0 amide bonds. The summed E-state index contributed by atoms with van der Waals surface area (Å²) in [6.07, 6.45) is 3.98. The fraction of sp³-hybridized carbons (Fsp3) is 0.600. The molecule has 1 aliphatic heterocycles. The van der Waals surface area contributed by atoms with E-state index in [9.17, 15) is 4.39 Å². The van der Waals surface area contributed by atoms with E-state index in [0.717, 1.165) is 25.0 Å². The first-order chi connectivity index (χ1) is 9.05. The van der Waals surface area contributed by atoms with Crippen LogP contribution >= 0.6 is 11.6 Å². The van der Waals surface area contributed by atoms with Gasteiger partial charge in [0.05, 0.1) is 5.60 Å². The van der Waals surface area contributed by atoms with Crippen LogP contribution in [0, 0.1) is 5.82 Å². The van der Waals surface area contributed by atoms with Gasteiger partial charge in [-0.1, -0.05) is 11.6 Å². The highest BCUT2D eigenvalue weighted by atomic mass is 35.5. The van der Waals surface area contributed by atoms with E-state index >= 15 is 0 Å². The summed E-state index contributed by atoms with van der Waals surface area (Å²) in [6.45, 7) is 2.92. The molecule has 1 heterocycles. The number of rotatable bonds is 4. The number of nitrogens with one attached hydrogen (secondary N) is 1. The second-order valence-electron chi connectivity index (χ2n) is 5.40. The van der Waals surface area contributed by atoms with Gasteiger partial charge in [0.2, 0.25) is 0 Å². The minimum Gasteiger partial charge on any atom is -0.374 e. The summed E-state index contributed by atoms with van der Waals surface area (Å²) in [5.74, 6) is -0.246. The number of halogens is 2. The van der Waals surface area contributed by atoms with Crippen LogP contribution in [0.2, 0.25) is 5.02 Å². The Morgan fingerprint density at radius 2 is 2.26 bits per heavy atom. The van der Waals surface area contributed by atoms with Gasteiger partial charge in [-0.3, -0.25) is 0 Å². The average Bonchev–Trinajstić information content (AvgIpc) is 2.40. The Hall–Kier alpha value is -0.640. The highest BCUT2D eigenvalue weighted by Crippen LogP contribution is 2.31. The van der Waals surface area contributed by atoms with Crippen molar-refractivity contribution < 1.29 is 9.13 Å². The molecule has 2 nitrogen and oxygen atoms in total. The number of likely N-dealkylation sites (N-methyl/N-ethyl adjacent to an activating group) is 1. The minimum atomic E-state index is -0.246. The summed E-state index contributed by atoms with van der Waals surface area (Å²) in [5, 5.41) is 3.91. The van der Waals surface area contributed by atoms with Gasteiger partial charge in [-0.25, -0.2) is 4.39 Å². The number of benzene rings is 1. The summed E-state index contributed by atoms with van der Waals surface area (Å²) < 4.78 is 19.3. The normalized spacial score (nSPS) is 25.3. The van der Waals surface area contributed by atoms with Crippen LogP contribution in [-0.4, -0.2) is 25.3 Å². The molecule has 19 heavy (non-hydrogen) atoms. The molecule has 1 aromatic carbocycles. The number of ether oxygens (including phenoxy) is 1. The molecule has 0 bridgehead atoms. The highest BCUT2D eigenvalue weighted by Gasteiger charge is 2.36. The summed E-state index contributed by atoms with van der Waals surface area (Å²) in [7, 11) is 1.92. The lowest BCUT2D eigenvalue weighted by molar-refractivity contribution is -0.0870. The zero-order chi connectivity index (χ0) is 13.9. The van der Waals surface area contributed by atoms with Crippen molar-refractivity contribution in [1.82, 2.24) is 5.32 Å². The maximum atomic E-state index is 13.3. The topological polar surface area (TPSA) is 21.3 Å². The Kier molecular flexibility index (Phi) is 4.82. The van der Waals surface area contributed by atoms with Crippen LogP contribution in [0.5, 0.6) is 0 Å². The standard InChI is InChI=1S/C15H21ClFNO/c1-15(7-3-4-8-19-15)14(18-2)10-11-9-12(17)5-6-13(11)16/h5-6,9,14,18H,3-4,7-8,10H2,1-2H3. The maximum absolute atomic E-state index is 13.3. The van der Waals surface area contributed by atoms with Crippen LogP contribution in [0.3, 0.4) is 0 Å². The minimum absolute atomic E-state index is 0.132. The molecule has 2 rings (SSSR count). The highest BCUT2D eigenvalue weighted by molar-refractivity contribution is 6.31. The van der Waals surface area contributed by atoms with E-state index in [1.807, 2.05) is 7.05 Å². The zero-order valence-electron chi connectivity index (χ0n) is 11.5. The van der Waals surface area contributed by atoms with Gasteiger partial charge in [0.25, 0.3) is 0 Å². The van der Waals surface area contributed by atoms with Crippen LogP contribution in [0.1, 0.15) is 31.7 Å². The summed E-state index contributed by atoms with van der Waals surface area (Å²) in [4.78, 5) is 0. The predicted molar refractivity (Wildman–Crippen MR) is 76.2 cm³/mol. The first-order valence-corrected chi connectivity index (χ1v) is 7.18. The zero-order valence-corrected chi connectivity index (χ0v) is 12.3. The van der Waals surface area contributed by atoms with Gasteiger partial charge < -0.3 is 10.1 Å². The van der Waals surface area contributed by atoms with E-state index in [0.29, 0.717) is 11.4 Å². The van der Waals surface area contributed by atoms with E-state index in [4.69, 9.17) is 16.3 Å². The van der Waals surface area contributed by atoms with Gasteiger partial charge in [0.1, 0.15) is 5.82 Å². The monoisotopic (exact) mass is 285 g/mol. The quantitative estimate of drug-likeness (QED) is 0.913. The summed E-state index contributed by atoms with van der Waals surface area (Å²) >= 11 is 6.15. The van der Waals surface area contributed by atoms with E-state index in [-0.39, 0.29) is 17.5 Å². The largest absolute Gasteiger partial charge is 0.374 e. The van der Waals surface area contributed by atoms with Gasteiger partial charge in [-0.05, 0) is 63.4 Å². The van der Waals surface area contributed by atoms with Gasteiger partial charge in [0, 0.05) is 17.7 Å². The average molecular weight is 286 g/mol. The van der Waals surface area contributed by atoms with Gasteiger partial charge in [0.15, 0.2) is 0 Å². The Bertz CT molecular complexity index is 432. The molecule has 1 N–H and O–H groups in total. The fourth-order valence-electron chi connectivity index (χ4n) is 2.77. The first-order valence-electron chi connectivity index (χ1n) is 6.80. The molecular weight excluding hydrogens is 265 g/mol. The molecule has 1 fully saturated rings. The molecule has 1 aliphatic rings. The number of hydrogen-bond donors (Lipinski definition) is 1. The van der Waals surface area contributed by atoms with Crippen molar-refractivity contribution in [2.75, 3.05) is 13.7 Å². The Morgan fingerprint density at radius 3 is 2.89 bits per heavy atom. The van der Waals surface area contributed by atoms with Crippen molar-refractivity contribution in [3.63, 3.8) is 0 Å². The van der Waals surface area contributed by atoms with Crippen molar-refractivity contribution in [3.8, 4) is 0 Å². The Labute approximate surface area is 119 Å². The van der Waals surface area contributed by atoms with Crippen molar-refractivity contribution in [1.29, 1.82) is 0 Å². The third-order valence-electron chi connectivity index (χ3n) is 4.02. The molecule has 0 saturated carbocycles. The van der Waals surface area contributed by atoms with Crippen molar-refractivity contribution >= 4 is 11.6 Å². The van der Waals surface area contributed by atoms with E-state index in [1.54, 1.807) is 6.07 Å². The Morgan fingerprint density at radius 1 is 1.47 bits per heavy atom. The molecule has 106 valence electrons.